The maximum absolute atomic E-state index is 12.3. The Balaban J connectivity index is 1.98. The quantitative estimate of drug-likeness (QED) is 0.700. The third kappa shape index (κ3) is 1.93. The van der Waals surface area contributed by atoms with Gasteiger partial charge >= 0.3 is 0 Å². The molecule has 0 amide bonds. The Morgan fingerprint density at radius 2 is 2.06 bits per heavy atom. The lowest BCUT2D eigenvalue weighted by Gasteiger charge is -2.36. The van der Waals surface area contributed by atoms with E-state index in [1.165, 1.54) is 0 Å². The van der Waals surface area contributed by atoms with Crippen molar-refractivity contribution in [2.24, 2.45) is 5.41 Å². The molecule has 1 saturated carbocycles. The number of benzene rings is 1. The summed E-state index contributed by atoms with van der Waals surface area (Å²) in [5.74, 6) is 0.866. The van der Waals surface area contributed by atoms with Crippen LogP contribution in [0, 0.1) is 5.41 Å². The van der Waals surface area contributed by atoms with Gasteiger partial charge in [-0.2, -0.15) is 0 Å². The molecule has 1 aliphatic heterocycles. The molecule has 18 heavy (non-hydrogen) atoms. The predicted molar refractivity (Wildman–Crippen MR) is 71.4 cm³/mol. The molecule has 1 aromatic carbocycles. The Bertz CT molecular complexity index is 521. The van der Waals surface area contributed by atoms with Crippen LogP contribution in [0.3, 0.4) is 0 Å². The van der Waals surface area contributed by atoms with Gasteiger partial charge in [-0.25, -0.2) is 0 Å². The largest absolute Gasteiger partial charge is 0.486 e. The molecule has 1 atom stereocenters. The molecule has 1 unspecified atom stereocenters. The van der Waals surface area contributed by atoms with Crippen LogP contribution in [0.25, 0.3) is 0 Å². The fraction of sp³-hybridized carbons (Fsp3) is 0.533. The van der Waals surface area contributed by atoms with E-state index >= 15 is 0 Å². The highest BCUT2D eigenvalue weighted by atomic mass is 35.5. The summed E-state index contributed by atoms with van der Waals surface area (Å²) in [5.41, 5.74) is 0.629. The van der Waals surface area contributed by atoms with Gasteiger partial charge in [0.15, 0.2) is 5.78 Å². The number of hydrogen-bond acceptors (Lipinski definition) is 2. The molecule has 2 aliphatic rings. The molecule has 96 valence electrons. The number of ketones is 1. The lowest BCUT2D eigenvalue weighted by atomic mass is 9.84. The topological polar surface area (TPSA) is 26.3 Å². The lowest BCUT2D eigenvalue weighted by molar-refractivity contribution is 0.0386. The Morgan fingerprint density at radius 3 is 2.72 bits per heavy atom. The van der Waals surface area contributed by atoms with Gasteiger partial charge in [0.1, 0.15) is 11.4 Å². The zero-order valence-corrected chi connectivity index (χ0v) is 11.5. The van der Waals surface area contributed by atoms with Crippen LogP contribution < -0.4 is 4.74 Å². The van der Waals surface area contributed by atoms with Crippen LogP contribution in [0.2, 0.25) is 5.02 Å². The summed E-state index contributed by atoms with van der Waals surface area (Å²) in [7, 11) is 0. The molecule has 1 heterocycles. The first-order chi connectivity index (χ1) is 8.39. The normalized spacial score (nSPS) is 29.2. The molecule has 2 nitrogen and oxygen atoms in total. The van der Waals surface area contributed by atoms with E-state index in [-0.39, 0.29) is 16.8 Å². The first-order valence-electron chi connectivity index (χ1n) is 6.41. The fourth-order valence-corrected chi connectivity index (χ4v) is 3.49. The van der Waals surface area contributed by atoms with Crippen LogP contribution >= 0.6 is 11.6 Å². The highest BCUT2D eigenvalue weighted by Crippen LogP contribution is 2.50. The van der Waals surface area contributed by atoms with Crippen molar-refractivity contribution in [2.45, 2.75) is 45.1 Å². The predicted octanol–water partition coefficient (Wildman–Crippen LogP) is 4.25. The molecule has 0 saturated heterocycles. The Morgan fingerprint density at radius 1 is 1.28 bits per heavy atom. The molecule has 1 aliphatic carbocycles. The Kier molecular flexibility index (Phi) is 2.50. The summed E-state index contributed by atoms with van der Waals surface area (Å²) >= 11 is 5.93. The SMILES string of the molecule is CC1(C)CCC2(CC(=O)c3cc(Cl)ccc3O2)C1. The average molecular weight is 265 g/mol. The summed E-state index contributed by atoms with van der Waals surface area (Å²) in [6.07, 6.45) is 3.52. The van der Waals surface area contributed by atoms with Gasteiger partial charge in [-0.05, 0) is 42.9 Å². The van der Waals surface area contributed by atoms with E-state index in [1.807, 2.05) is 6.07 Å². The second-order valence-corrected chi connectivity index (χ2v) is 6.80. The van der Waals surface area contributed by atoms with Crippen molar-refractivity contribution in [1.29, 1.82) is 0 Å². The zero-order chi connectivity index (χ0) is 13.0. The minimum absolute atomic E-state index is 0.163. The van der Waals surface area contributed by atoms with Crippen molar-refractivity contribution in [3.63, 3.8) is 0 Å². The molecule has 1 aromatic rings. The van der Waals surface area contributed by atoms with Crippen LogP contribution in [0.4, 0.5) is 0 Å². The molecule has 1 fully saturated rings. The number of carbonyl (C=O) groups excluding carboxylic acids is 1. The van der Waals surface area contributed by atoms with Gasteiger partial charge < -0.3 is 4.74 Å². The second-order valence-electron chi connectivity index (χ2n) is 6.37. The van der Waals surface area contributed by atoms with Gasteiger partial charge in [0, 0.05) is 5.02 Å². The molecule has 0 radical (unpaired) electrons. The minimum atomic E-state index is -0.276. The molecule has 1 spiro atoms. The number of ether oxygens (including phenoxy) is 1. The Hall–Kier alpha value is -1.02. The summed E-state index contributed by atoms with van der Waals surface area (Å²) in [6, 6.07) is 5.32. The van der Waals surface area contributed by atoms with Crippen LogP contribution in [-0.2, 0) is 0 Å². The molecule has 0 aromatic heterocycles. The standard InChI is InChI=1S/C15H17ClO2/c1-14(2)5-6-15(9-14)8-12(17)11-7-10(16)3-4-13(11)18-15/h3-4,7H,5-6,8-9H2,1-2H3. The maximum Gasteiger partial charge on any atom is 0.170 e. The molecular weight excluding hydrogens is 248 g/mol. The number of hydrogen-bond donors (Lipinski definition) is 0. The summed E-state index contributed by atoms with van der Waals surface area (Å²) in [6.45, 7) is 4.49. The molecule has 0 bridgehead atoms. The molecule has 3 heteroatoms. The van der Waals surface area contributed by atoms with Gasteiger partial charge in [0.05, 0.1) is 12.0 Å². The number of fused-ring (bicyclic) bond motifs is 1. The van der Waals surface area contributed by atoms with Crippen molar-refractivity contribution < 1.29 is 9.53 Å². The second kappa shape index (κ2) is 3.74. The van der Waals surface area contributed by atoms with E-state index in [1.54, 1.807) is 12.1 Å². The van der Waals surface area contributed by atoms with Gasteiger partial charge in [-0.1, -0.05) is 25.4 Å². The van der Waals surface area contributed by atoms with Crippen LogP contribution in [0.5, 0.6) is 5.75 Å². The van der Waals surface area contributed by atoms with Crippen molar-refractivity contribution in [1.82, 2.24) is 0 Å². The van der Waals surface area contributed by atoms with Crippen molar-refractivity contribution in [3.8, 4) is 5.75 Å². The smallest absolute Gasteiger partial charge is 0.170 e. The van der Waals surface area contributed by atoms with Crippen LogP contribution in [0.15, 0.2) is 18.2 Å². The van der Waals surface area contributed by atoms with Gasteiger partial charge in [0.2, 0.25) is 0 Å². The molecule has 0 N–H and O–H groups in total. The number of carbonyl (C=O) groups is 1. The van der Waals surface area contributed by atoms with E-state index < -0.39 is 0 Å². The van der Waals surface area contributed by atoms with Crippen molar-refractivity contribution in [2.75, 3.05) is 0 Å². The third-order valence-corrected chi connectivity index (χ3v) is 4.34. The first kappa shape index (κ1) is 12.0. The van der Waals surface area contributed by atoms with E-state index in [9.17, 15) is 4.79 Å². The van der Waals surface area contributed by atoms with E-state index in [0.717, 1.165) is 19.3 Å². The van der Waals surface area contributed by atoms with Gasteiger partial charge in [-0.3, -0.25) is 4.79 Å². The first-order valence-corrected chi connectivity index (χ1v) is 6.79. The summed E-state index contributed by atoms with van der Waals surface area (Å²) in [4.78, 5) is 12.3. The van der Waals surface area contributed by atoms with Gasteiger partial charge in [-0.15, -0.1) is 0 Å². The van der Waals surface area contributed by atoms with Crippen LogP contribution in [0.1, 0.15) is 49.9 Å². The number of rotatable bonds is 0. The van der Waals surface area contributed by atoms with E-state index in [2.05, 4.69) is 13.8 Å². The minimum Gasteiger partial charge on any atom is -0.486 e. The Labute approximate surface area is 112 Å². The molecular formula is C15H17ClO2. The highest BCUT2D eigenvalue weighted by Gasteiger charge is 2.49. The van der Waals surface area contributed by atoms with Gasteiger partial charge in [0.25, 0.3) is 0 Å². The molecule has 3 rings (SSSR count). The summed E-state index contributed by atoms with van der Waals surface area (Å²) < 4.78 is 6.16. The monoisotopic (exact) mass is 264 g/mol. The van der Waals surface area contributed by atoms with Crippen molar-refractivity contribution >= 4 is 17.4 Å². The highest BCUT2D eigenvalue weighted by molar-refractivity contribution is 6.31. The number of Topliss-reactive ketones (excluding diaryl/α,β-unsaturated/α-hetero) is 1. The van der Waals surface area contributed by atoms with E-state index in [4.69, 9.17) is 16.3 Å². The number of halogens is 1. The maximum atomic E-state index is 12.3. The average Bonchev–Trinajstić information content (AvgIpc) is 2.56. The zero-order valence-electron chi connectivity index (χ0n) is 10.8. The lowest BCUT2D eigenvalue weighted by Crippen LogP contribution is -2.40. The van der Waals surface area contributed by atoms with E-state index in [0.29, 0.717) is 22.8 Å². The fourth-order valence-electron chi connectivity index (χ4n) is 3.32. The summed E-state index contributed by atoms with van der Waals surface area (Å²) in [5, 5.41) is 0.591. The van der Waals surface area contributed by atoms with Crippen LogP contribution in [-0.4, -0.2) is 11.4 Å². The van der Waals surface area contributed by atoms with Crippen molar-refractivity contribution in [3.05, 3.63) is 28.8 Å². The third-order valence-electron chi connectivity index (χ3n) is 4.11.